The first-order valence-corrected chi connectivity index (χ1v) is 13.2. The minimum atomic E-state index is -0.149. The van der Waals surface area contributed by atoms with E-state index >= 15 is 0 Å². The van der Waals surface area contributed by atoms with Crippen LogP contribution in [0.5, 0.6) is 0 Å². The number of H-pyrrole nitrogens is 2. The molecule has 0 amide bonds. The van der Waals surface area contributed by atoms with E-state index in [4.69, 9.17) is 28.2 Å². The molecule has 6 aromatic rings. The fourth-order valence-corrected chi connectivity index (χ4v) is 6.11. The van der Waals surface area contributed by atoms with Crippen LogP contribution in [-0.4, -0.2) is 44.7 Å². The van der Waals surface area contributed by atoms with Gasteiger partial charge in [-0.2, -0.15) is 5.10 Å². The van der Waals surface area contributed by atoms with Crippen molar-refractivity contribution < 1.29 is 0 Å². The molecule has 3 atom stereocenters. The van der Waals surface area contributed by atoms with Gasteiger partial charge in [-0.1, -0.05) is 40.5 Å². The minimum Gasteiger partial charge on any atom is -0.340 e. The molecule has 1 aliphatic carbocycles. The molecule has 3 unspecified atom stereocenters. The number of rotatable bonds is 4. The van der Waals surface area contributed by atoms with E-state index in [-0.39, 0.29) is 28.6 Å². The summed E-state index contributed by atoms with van der Waals surface area (Å²) in [6.07, 6.45) is 4.39. The quantitative estimate of drug-likeness (QED) is 0.312. The van der Waals surface area contributed by atoms with Crippen LogP contribution in [0.3, 0.4) is 0 Å². The molecule has 0 bridgehead atoms. The molecule has 2 N–H and O–H groups in total. The summed E-state index contributed by atoms with van der Waals surface area (Å²) >= 11 is 12.3. The van der Waals surface area contributed by atoms with Crippen LogP contribution in [0.15, 0.2) is 59.7 Å². The molecule has 39 heavy (non-hydrogen) atoms. The van der Waals surface area contributed by atoms with Crippen molar-refractivity contribution in [2.75, 3.05) is 0 Å². The van der Waals surface area contributed by atoms with Crippen molar-refractivity contribution in [2.24, 2.45) is 5.92 Å². The molecular formula is C27H19Cl2N9O. The lowest BCUT2D eigenvalue weighted by molar-refractivity contribution is 0.522. The normalized spacial score (nSPS) is 19.4. The van der Waals surface area contributed by atoms with Gasteiger partial charge in [0.15, 0.2) is 5.15 Å². The lowest BCUT2D eigenvalue weighted by Gasteiger charge is -2.17. The average Bonchev–Trinajstić information content (AvgIpc) is 3.28. The van der Waals surface area contributed by atoms with Gasteiger partial charge in [0.25, 0.3) is 5.56 Å². The third-order valence-electron chi connectivity index (χ3n) is 7.71. The fourth-order valence-electron chi connectivity index (χ4n) is 5.81. The zero-order valence-electron chi connectivity index (χ0n) is 20.4. The van der Waals surface area contributed by atoms with Crippen LogP contribution in [0.4, 0.5) is 0 Å². The monoisotopic (exact) mass is 555 g/mol. The molecule has 0 saturated heterocycles. The van der Waals surface area contributed by atoms with Gasteiger partial charge in [-0.15, -0.1) is 5.10 Å². The Kier molecular flexibility index (Phi) is 4.72. The molecule has 2 aromatic carbocycles. The van der Waals surface area contributed by atoms with Crippen LogP contribution in [0.1, 0.15) is 35.6 Å². The lowest BCUT2D eigenvalue weighted by Crippen LogP contribution is -2.27. The number of aromatic nitrogens is 9. The highest BCUT2D eigenvalue weighted by Crippen LogP contribution is 2.60. The first-order chi connectivity index (χ1) is 18.9. The van der Waals surface area contributed by atoms with Crippen LogP contribution >= 0.6 is 23.2 Å². The van der Waals surface area contributed by atoms with Gasteiger partial charge in [-0.3, -0.25) is 14.5 Å². The first-order valence-electron chi connectivity index (χ1n) is 12.5. The SMILES string of the molecule is Cc1[nH]nc2cc(-c3ncc(C4C5CC5c5nc(-c6cc(Cl)ccc6-n6cc(Cl)nn6)cc(=O)n54)[nH]3)ccc12. The smallest absolute Gasteiger partial charge is 0.254 e. The molecule has 1 fully saturated rings. The second-order valence-corrected chi connectivity index (χ2v) is 10.9. The molecule has 0 radical (unpaired) electrons. The Hall–Kier alpha value is -4.28. The molecule has 1 aliphatic heterocycles. The summed E-state index contributed by atoms with van der Waals surface area (Å²) in [6.45, 7) is 2.00. The zero-order chi connectivity index (χ0) is 26.4. The Bertz CT molecular complexity index is 2000. The van der Waals surface area contributed by atoms with Crippen molar-refractivity contribution >= 4 is 34.1 Å². The second-order valence-electron chi connectivity index (χ2n) is 10.1. The molecule has 8 rings (SSSR count). The van der Waals surface area contributed by atoms with Crippen LogP contribution in [0.25, 0.3) is 39.2 Å². The van der Waals surface area contributed by atoms with Gasteiger partial charge in [0.2, 0.25) is 0 Å². The highest BCUT2D eigenvalue weighted by molar-refractivity contribution is 6.31. The Morgan fingerprint density at radius 2 is 2.00 bits per heavy atom. The van der Waals surface area contributed by atoms with Crippen molar-refractivity contribution in [3.8, 4) is 28.3 Å². The number of imidazole rings is 1. The fraction of sp³-hybridized carbons (Fsp3) is 0.185. The van der Waals surface area contributed by atoms with Crippen molar-refractivity contribution in [2.45, 2.75) is 25.3 Å². The molecule has 12 heteroatoms. The van der Waals surface area contributed by atoms with E-state index in [1.807, 2.05) is 37.4 Å². The van der Waals surface area contributed by atoms with Gasteiger partial charge in [0, 0.05) is 39.2 Å². The Morgan fingerprint density at radius 3 is 2.85 bits per heavy atom. The first kappa shape index (κ1) is 22.7. The van der Waals surface area contributed by atoms with Gasteiger partial charge in [-0.25, -0.2) is 14.6 Å². The van der Waals surface area contributed by atoms with E-state index in [9.17, 15) is 4.79 Å². The van der Waals surface area contributed by atoms with Gasteiger partial charge >= 0.3 is 0 Å². The molecule has 4 aromatic heterocycles. The number of aryl methyl sites for hydroxylation is 1. The number of halogens is 2. The Labute approximate surface area is 230 Å². The van der Waals surface area contributed by atoms with E-state index in [0.29, 0.717) is 22.0 Å². The summed E-state index contributed by atoms with van der Waals surface area (Å²) in [5.74, 6) is 2.02. The number of nitrogens with zero attached hydrogens (tertiary/aromatic N) is 7. The molecule has 10 nitrogen and oxygen atoms in total. The maximum Gasteiger partial charge on any atom is 0.254 e. The number of hydrogen-bond donors (Lipinski definition) is 2. The lowest BCUT2D eigenvalue weighted by atomic mass is 10.1. The van der Waals surface area contributed by atoms with Gasteiger partial charge in [-0.05, 0) is 43.5 Å². The van der Waals surface area contributed by atoms with Crippen molar-refractivity contribution in [1.29, 1.82) is 0 Å². The summed E-state index contributed by atoms with van der Waals surface area (Å²) in [5.41, 5.74) is 5.52. The maximum atomic E-state index is 13.6. The van der Waals surface area contributed by atoms with Crippen LogP contribution in [-0.2, 0) is 0 Å². The third-order valence-corrected chi connectivity index (χ3v) is 8.12. The number of fused-ring (bicyclic) bond motifs is 4. The van der Waals surface area contributed by atoms with E-state index in [1.165, 1.54) is 0 Å². The molecular weight excluding hydrogens is 537 g/mol. The molecule has 2 aliphatic rings. The van der Waals surface area contributed by atoms with Crippen molar-refractivity contribution in [1.82, 2.24) is 44.7 Å². The highest BCUT2D eigenvalue weighted by atomic mass is 35.5. The Morgan fingerprint density at radius 1 is 1.10 bits per heavy atom. The second kappa shape index (κ2) is 8.11. The van der Waals surface area contributed by atoms with Crippen LogP contribution in [0.2, 0.25) is 10.2 Å². The van der Waals surface area contributed by atoms with Gasteiger partial charge in [0.05, 0.1) is 41.0 Å². The maximum absolute atomic E-state index is 13.6. The van der Waals surface area contributed by atoms with Crippen LogP contribution in [0, 0.1) is 12.8 Å². The molecule has 5 heterocycles. The number of benzene rings is 2. The zero-order valence-corrected chi connectivity index (χ0v) is 21.9. The van der Waals surface area contributed by atoms with Crippen LogP contribution < -0.4 is 5.56 Å². The summed E-state index contributed by atoms with van der Waals surface area (Å²) in [4.78, 5) is 26.7. The van der Waals surface area contributed by atoms with E-state index in [2.05, 4.69) is 30.5 Å². The molecule has 0 spiro atoms. The van der Waals surface area contributed by atoms with Gasteiger partial charge in [0.1, 0.15) is 11.6 Å². The van der Waals surface area contributed by atoms with Gasteiger partial charge < -0.3 is 4.98 Å². The largest absolute Gasteiger partial charge is 0.340 e. The predicted octanol–water partition coefficient (Wildman–Crippen LogP) is 5.08. The summed E-state index contributed by atoms with van der Waals surface area (Å²) in [7, 11) is 0. The third kappa shape index (κ3) is 3.48. The van der Waals surface area contributed by atoms with E-state index < -0.39 is 0 Å². The van der Waals surface area contributed by atoms with Crippen molar-refractivity contribution in [3.63, 3.8) is 0 Å². The predicted molar refractivity (Wildman–Crippen MR) is 146 cm³/mol. The Balaban J connectivity index is 1.19. The van der Waals surface area contributed by atoms with E-state index in [0.717, 1.165) is 45.9 Å². The number of hydrogen-bond acceptors (Lipinski definition) is 6. The highest BCUT2D eigenvalue weighted by Gasteiger charge is 2.55. The standard InChI is InChI=1S/C27H19Cl2N9O/c1-12-15-4-2-13(6-20(15)34-33-12)26-30-10-21(31-26)25-16-8-17(16)27-32-19(9-24(39)38(25)27)18-7-14(28)3-5-22(18)37-11-23(29)35-36-37/h2-7,9-11,16-17,25H,8H2,1H3,(H,30,31)(H,33,34). The van der Waals surface area contributed by atoms with Crippen molar-refractivity contribution in [3.05, 3.63) is 92.6 Å². The number of nitrogens with one attached hydrogen (secondary N) is 2. The minimum absolute atomic E-state index is 0.126. The summed E-state index contributed by atoms with van der Waals surface area (Å²) < 4.78 is 3.35. The van der Waals surface area contributed by atoms with E-state index in [1.54, 1.807) is 33.6 Å². The summed E-state index contributed by atoms with van der Waals surface area (Å²) in [6, 6.07) is 12.8. The topological polar surface area (TPSA) is 123 Å². The summed E-state index contributed by atoms with van der Waals surface area (Å²) in [5, 5.41) is 17.2. The number of aromatic amines is 2. The molecule has 192 valence electrons. The molecule has 1 saturated carbocycles. The average molecular weight is 556 g/mol.